The number of carbonyl (C=O) groups is 1. The number of pyridine rings is 1. The van der Waals surface area contributed by atoms with E-state index in [9.17, 15) is 4.79 Å². The summed E-state index contributed by atoms with van der Waals surface area (Å²) in [5.74, 6) is 0.605. The Bertz CT molecular complexity index is 780. The lowest BCUT2D eigenvalue weighted by molar-refractivity contribution is -0.147. The Kier molecular flexibility index (Phi) is 4.42. The molecule has 3 rings (SSSR count). The van der Waals surface area contributed by atoms with Gasteiger partial charge in [-0.3, -0.25) is 0 Å². The van der Waals surface area contributed by atoms with Crippen LogP contribution in [0, 0.1) is 0 Å². The maximum absolute atomic E-state index is 11.8. The zero-order valence-corrected chi connectivity index (χ0v) is 12.6. The number of para-hydroxylation sites is 2. The van der Waals surface area contributed by atoms with Crippen LogP contribution in [0.2, 0.25) is 0 Å². The number of nitrogens with zero attached hydrogens (tertiary/aromatic N) is 2. The Hall–Kier alpha value is -3.02. The van der Waals surface area contributed by atoms with Crippen LogP contribution >= 0.6 is 0 Å². The van der Waals surface area contributed by atoms with Crippen LogP contribution in [0.15, 0.2) is 54.9 Å². The van der Waals surface area contributed by atoms with Crippen LogP contribution in [0.3, 0.4) is 0 Å². The highest BCUT2D eigenvalue weighted by Crippen LogP contribution is 2.25. The second-order valence-electron chi connectivity index (χ2n) is 4.80. The quantitative estimate of drug-likeness (QED) is 0.654. The number of hydrogen-bond donors (Lipinski definition) is 0. The topological polar surface area (TPSA) is 62.1 Å². The summed E-state index contributed by atoms with van der Waals surface area (Å²) < 4.78 is 17.6. The van der Waals surface area contributed by atoms with Crippen LogP contribution < -0.4 is 9.47 Å². The molecule has 3 aromatic rings. The molecule has 0 bridgehead atoms. The number of benzene rings is 1. The molecule has 2 aromatic heterocycles. The summed E-state index contributed by atoms with van der Waals surface area (Å²) in [4.78, 5) is 16.1. The van der Waals surface area contributed by atoms with Gasteiger partial charge < -0.3 is 18.6 Å². The van der Waals surface area contributed by atoms with Crippen molar-refractivity contribution in [3.8, 4) is 11.5 Å². The zero-order valence-electron chi connectivity index (χ0n) is 12.6. The summed E-state index contributed by atoms with van der Waals surface area (Å²) in [6.07, 6.45) is 3.71. The van der Waals surface area contributed by atoms with Crippen molar-refractivity contribution < 1.29 is 19.0 Å². The van der Waals surface area contributed by atoms with Gasteiger partial charge in [0.25, 0.3) is 0 Å². The highest BCUT2D eigenvalue weighted by atomic mass is 16.6. The third-order valence-corrected chi connectivity index (χ3v) is 3.21. The van der Waals surface area contributed by atoms with Crippen molar-refractivity contribution in [1.82, 2.24) is 9.38 Å². The summed E-state index contributed by atoms with van der Waals surface area (Å²) in [6.45, 7) is -0.0798. The monoisotopic (exact) mass is 312 g/mol. The number of esters is 1. The van der Waals surface area contributed by atoms with Gasteiger partial charge in [-0.15, -0.1) is 0 Å². The number of hydrogen-bond acceptors (Lipinski definition) is 5. The van der Waals surface area contributed by atoms with Crippen molar-refractivity contribution in [2.24, 2.45) is 0 Å². The lowest BCUT2D eigenvalue weighted by atomic mass is 10.3. The molecule has 2 heterocycles. The van der Waals surface area contributed by atoms with E-state index in [2.05, 4.69) is 4.98 Å². The van der Waals surface area contributed by atoms with Gasteiger partial charge in [0, 0.05) is 12.4 Å². The van der Waals surface area contributed by atoms with Crippen LogP contribution in [-0.4, -0.2) is 29.1 Å². The van der Waals surface area contributed by atoms with E-state index < -0.39 is 5.97 Å². The maximum atomic E-state index is 11.8. The van der Waals surface area contributed by atoms with Crippen LogP contribution in [0.25, 0.3) is 5.65 Å². The van der Waals surface area contributed by atoms with Gasteiger partial charge in [-0.25, -0.2) is 9.78 Å². The van der Waals surface area contributed by atoms with Crippen molar-refractivity contribution in [3.05, 3.63) is 60.6 Å². The molecule has 6 nitrogen and oxygen atoms in total. The molecular formula is C17H16N2O4. The summed E-state index contributed by atoms with van der Waals surface area (Å²) >= 11 is 0. The molecule has 0 aliphatic carbocycles. The molecule has 0 saturated carbocycles. The zero-order chi connectivity index (χ0) is 16.1. The molecule has 0 atom stereocenters. The fourth-order valence-electron chi connectivity index (χ4n) is 2.13. The fraction of sp³-hybridized carbons (Fsp3) is 0.176. The molecule has 0 radical (unpaired) electrons. The van der Waals surface area contributed by atoms with E-state index in [4.69, 9.17) is 14.2 Å². The highest BCUT2D eigenvalue weighted by Gasteiger charge is 2.09. The Morgan fingerprint density at radius 3 is 2.70 bits per heavy atom. The molecule has 6 heteroatoms. The van der Waals surface area contributed by atoms with Crippen LogP contribution in [0.5, 0.6) is 11.5 Å². The Morgan fingerprint density at radius 1 is 1.13 bits per heavy atom. The largest absolute Gasteiger partial charge is 0.493 e. The minimum Gasteiger partial charge on any atom is -0.493 e. The average Bonchev–Trinajstić information content (AvgIpc) is 3.01. The number of carbonyl (C=O) groups excluding carboxylic acids is 1. The molecule has 0 saturated heterocycles. The summed E-state index contributed by atoms with van der Waals surface area (Å²) in [5.41, 5.74) is 1.49. The van der Waals surface area contributed by atoms with Gasteiger partial charge in [0.2, 0.25) is 0 Å². The number of aromatic nitrogens is 2. The van der Waals surface area contributed by atoms with E-state index in [0.29, 0.717) is 17.2 Å². The highest BCUT2D eigenvalue weighted by molar-refractivity contribution is 5.71. The Morgan fingerprint density at radius 2 is 1.91 bits per heavy atom. The van der Waals surface area contributed by atoms with Crippen LogP contribution in [-0.2, 0) is 16.1 Å². The Balaban J connectivity index is 1.53. The molecular weight excluding hydrogens is 296 g/mol. The maximum Gasteiger partial charge on any atom is 0.344 e. The van der Waals surface area contributed by atoms with Crippen molar-refractivity contribution in [2.45, 2.75) is 6.61 Å². The number of methoxy groups -OCH3 is 1. The van der Waals surface area contributed by atoms with Crippen molar-refractivity contribution >= 4 is 11.6 Å². The first-order valence-electron chi connectivity index (χ1n) is 7.10. The smallest absolute Gasteiger partial charge is 0.344 e. The van der Waals surface area contributed by atoms with Crippen molar-refractivity contribution in [2.75, 3.05) is 13.7 Å². The number of fused-ring (bicyclic) bond motifs is 1. The standard InChI is InChI=1S/C17H16N2O4/c1-21-14-6-2-3-7-15(14)22-12-17(20)23-11-13-10-19-9-5-4-8-16(19)18-13/h2-10H,11-12H2,1H3. The van der Waals surface area contributed by atoms with Gasteiger partial charge >= 0.3 is 5.97 Å². The normalized spacial score (nSPS) is 10.5. The molecule has 0 unspecified atom stereocenters. The summed E-state index contributed by atoms with van der Waals surface area (Å²) in [5, 5.41) is 0. The first-order valence-corrected chi connectivity index (χ1v) is 7.10. The van der Waals surface area contributed by atoms with Gasteiger partial charge in [-0.2, -0.15) is 0 Å². The fourth-order valence-corrected chi connectivity index (χ4v) is 2.13. The van der Waals surface area contributed by atoms with Crippen LogP contribution in [0.1, 0.15) is 5.69 Å². The lowest BCUT2D eigenvalue weighted by Crippen LogP contribution is -2.15. The van der Waals surface area contributed by atoms with E-state index in [-0.39, 0.29) is 13.2 Å². The van der Waals surface area contributed by atoms with Gasteiger partial charge in [-0.05, 0) is 24.3 Å². The average molecular weight is 312 g/mol. The predicted octanol–water partition coefficient (Wildman–Crippen LogP) is 2.47. The molecule has 23 heavy (non-hydrogen) atoms. The van der Waals surface area contributed by atoms with Gasteiger partial charge in [0.15, 0.2) is 18.1 Å². The molecule has 0 fully saturated rings. The summed E-state index contributed by atoms with van der Waals surface area (Å²) in [7, 11) is 1.55. The van der Waals surface area contributed by atoms with Gasteiger partial charge in [0.05, 0.1) is 12.8 Å². The van der Waals surface area contributed by atoms with Gasteiger partial charge in [-0.1, -0.05) is 18.2 Å². The second-order valence-corrected chi connectivity index (χ2v) is 4.80. The van der Waals surface area contributed by atoms with E-state index in [0.717, 1.165) is 5.65 Å². The van der Waals surface area contributed by atoms with Crippen LogP contribution in [0.4, 0.5) is 0 Å². The van der Waals surface area contributed by atoms with E-state index in [1.807, 2.05) is 41.1 Å². The number of ether oxygens (including phenoxy) is 3. The minimum absolute atomic E-state index is 0.107. The second kappa shape index (κ2) is 6.83. The van der Waals surface area contributed by atoms with E-state index >= 15 is 0 Å². The predicted molar refractivity (Wildman–Crippen MR) is 83.5 cm³/mol. The van der Waals surface area contributed by atoms with E-state index in [1.54, 1.807) is 25.3 Å². The Labute approximate surface area is 133 Å². The van der Waals surface area contributed by atoms with E-state index in [1.165, 1.54) is 0 Å². The summed E-state index contributed by atoms with van der Waals surface area (Å²) in [6, 6.07) is 12.8. The number of imidazole rings is 1. The third kappa shape index (κ3) is 3.60. The molecule has 0 amide bonds. The first-order chi connectivity index (χ1) is 11.3. The first kappa shape index (κ1) is 14.9. The molecule has 0 spiro atoms. The molecule has 118 valence electrons. The molecule has 0 N–H and O–H groups in total. The minimum atomic E-state index is -0.465. The molecule has 0 aliphatic heterocycles. The number of rotatable bonds is 6. The van der Waals surface area contributed by atoms with Crippen molar-refractivity contribution in [1.29, 1.82) is 0 Å². The molecule has 1 aromatic carbocycles. The van der Waals surface area contributed by atoms with Gasteiger partial charge in [0.1, 0.15) is 12.3 Å². The molecule has 0 aliphatic rings. The lowest BCUT2D eigenvalue weighted by Gasteiger charge is -2.09. The SMILES string of the molecule is COc1ccccc1OCC(=O)OCc1cn2ccccc2n1. The third-order valence-electron chi connectivity index (χ3n) is 3.21. The van der Waals surface area contributed by atoms with Crippen molar-refractivity contribution in [3.63, 3.8) is 0 Å².